The van der Waals surface area contributed by atoms with Gasteiger partial charge in [0.2, 0.25) is 0 Å². The van der Waals surface area contributed by atoms with Gasteiger partial charge in [0, 0.05) is 4.47 Å². The van der Waals surface area contributed by atoms with Crippen LogP contribution in [0.25, 0.3) is 0 Å². The average molecular weight is 301 g/mol. The molecule has 1 aromatic heterocycles. The van der Waals surface area contributed by atoms with E-state index in [-0.39, 0.29) is 5.69 Å². The van der Waals surface area contributed by atoms with Gasteiger partial charge in [0.1, 0.15) is 10.3 Å². The second kappa shape index (κ2) is 3.79. The zero-order valence-electron chi connectivity index (χ0n) is 6.11. The smallest absolute Gasteiger partial charge is 0.239 e. The van der Waals surface area contributed by atoms with Gasteiger partial charge < -0.3 is 0 Å². The number of rotatable bonds is 1. The third-order valence-electron chi connectivity index (χ3n) is 1.34. The minimum absolute atomic E-state index is 0.220. The molecule has 0 aliphatic carbocycles. The van der Waals surface area contributed by atoms with E-state index in [9.17, 15) is 8.78 Å². The highest BCUT2D eigenvalue weighted by Crippen LogP contribution is 2.29. The predicted molar refractivity (Wildman–Crippen MR) is 49.3 cm³/mol. The van der Waals surface area contributed by atoms with Crippen LogP contribution < -0.4 is 0 Å². The number of pyridine rings is 1. The van der Waals surface area contributed by atoms with Crippen molar-refractivity contribution >= 4 is 31.9 Å². The molecule has 0 saturated carbocycles. The minimum atomic E-state index is -2.55. The van der Waals surface area contributed by atoms with Gasteiger partial charge in [0.25, 0.3) is 6.43 Å². The summed E-state index contributed by atoms with van der Waals surface area (Å²) < 4.78 is 25.4. The molecule has 0 aromatic carbocycles. The van der Waals surface area contributed by atoms with E-state index in [1.165, 1.54) is 0 Å². The molecule has 1 aromatic rings. The maximum atomic E-state index is 12.3. The summed E-state index contributed by atoms with van der Waals surface area (Å²) in [6, 6.07) is 1.68. The maximum absolute atomic E-state index is 12.3. The van der Waals surface area contributed by atoms with Crippen molar-refractivity contribution in [3.63, 3.8) is 0 Å². The summed E-state index contributed by atoms with van der Waals surface area (Å²) in [5, 5.41) is 0. The number of hydrogen-bond donors (Lipinski definition) is 0. The molecule has 0 aliphatic heterocycles. The summed E-state index contributed by atoms with van der Waals surface area (Å²) in [7, 11) is 0. The summed E-state index contributed by atoms with van der Waals surface area (Å²) >= 11 is 6.10. The molecule has 0 spiro atoms. The molecule has 0 amide bonds. The van der Waals surface area contributed by atoms with E-state index in [1.807, 2.05) is 0 Å². The van der Waals surface area contributed by atoms with Crippen molar-refractivity contribution in [2.45, 2.75) is 13.3 Å². The lowest BCUT2D eigenvalue weighted by Gasteiger charge is -2.05. The highest BCUT2D eigenvalue weighted by atomic mass is 79.9. The van der Waals surface area contributed by atoms with Crippen LogP contribution in [-0.4, -0.2) is 4.98 Å². The zero-order valence-corrected chi connectivity index (χ0v) is 9.29. The number of nitrogens with zero attached hydrogens (tertiary/aromatic N) is 1. The molecule has 0 N–H and O–H groups in total. The molecule has 1 heterocycles. The molecular formula is C7H5Br2F2N. The molecule has 0 radical (unpaired) electrons. The third kappa shape index (κ3) is 2.01. The number of hydrogen-bond acceptors (Lipinski definition) is 1. The van der Waals surface area contributed by atoms with Gasteiger partial charge in [-0.1, -0.05) is 0 Å². The van der Waals surface area contributed by atoms with E-state index in [1.54, 1.807) is 13.0 Å². The predicted octanol–water partition coefficient (Wildman–Crippen LogP) is 3.85. The quantitative estimate of drug-likeness (QED) is 0.718. The Kier molecular flexibility index (Phi) is 3.17. The highest BCUT2D eigenvalue weighted by Gasteiger charge is 2.15. The van der Waals surface area contributed by atoms with Crippen molar-refractivity contribution in [3.8, 4) is 0 Å². The summed E-state index contributed by atoms with van der Waals surface area (Å²) in [4.78, 5) is 3.65. The molecule has 0 atom stereocenters. The third-order valence-corrected chi connectivity index (χ3v) is 2.78. The molecule has 1 nitrogen and oxygen atoms in total. The normalized spacial score (nSPS) is 10.8. The molecule has 1 rings (SSSR count). The fourth-order valence-electron chi connectivity index (χ4n) is 0.785. The highest BCUT2D eigenvalue weighted by molar-refractivity contribution is 9.11. The van der Waals surface area contributed by atoms with Gasteiger partial charge in [0.05, 0.1) is 0 Å². The Hall–Kier alpha value is -0.0300. The first-order valence-electron chi connectivity index (χ1n) is 3.13. The van der Waals surface area contributed by atoms with Crippen molar-refractivity contribution in [1.29, 1.82) is 0 Å². The van der Waals surface area contributed by atoms with Crippen LogP contribution in [0.4, 0.5) is 8.78 Å². The van der Waals surface area contributed by atoms with Gasteiger partial charge in [-0.3, -0.25) is 0 Å². The molecular weight excluding hydrogens is 296 g/mol. The second-order valence-electron chi connectivity index (χ2n) is 2.26. The Balaban J connectivity index is 3.28. The lowest BCUT2D eigenvalue weighted by Crippen LogP contribution is -1.94. The van der Waals surface area contributed by atoms with Crippen LogP contribution in [0.5, 0.6) is 0 Å². The van der Waals surface area contributed by atoms with Crippen molar-refractivity contribution in [1.82, 2.24) is 4.98 Å². The van der Waals surface area contributed by atoms with Gasteiger partial charge in [-0.25, -0.2) is 13.8 Å². The zero-order chi connectivity index (χ0) is 9.30. The van der Waals surface area contributed by atoms with Crippen LogP contribution in [0.1, 0.15) is 17.7 Å². The fourth-order valence-corrected chi connectivity index (χ4v) is 1.70. The van der Waals surface area contributed by atoms with Gasteiger partial charge >= 0.3 is 0 Å². The van der Waals surface area contributed by atoms with Crippen LogP contribution in [-0.2, 0) is 0 Å². The number of aryl methyl sites for hydroxylation is 1. The molecule has 0 bridgehead atoms. The van der Waals surface area contributed by atoms with Gasteiger partial charge in [-0.15, -0.1) is 0 Å². The lowest BCUT2D eigenvalue weighted by atomic mass is 10.2. The fraction of sp³-hybridized carbons (Fsp3) is 0.286. The Labute approximate surface area is 85.4 Å². The van der Waals surface area contributed by atoms with Crippen LogP contribution in [0.3, 0.4) is 0 Å². The first kappa shape index (κ1) is 10.1. The van der Waals surface area contributed by atoms with Crippen molar-refractivity contribution in [3.05, 3.63) is 26.4 Å². The van der Waals surface area contributed by atoms with Gasteiger partial charge in [-0.2, -0.15) is 0 Å². The van der Waals surface area contributed by atoms with E-state index >= 15 is 0 Å². The summed E-state index contributed by atoms with van der Waals surface area (Å²) in [5.41, 5.74) is 0.522. The molecule has 0 unspecified atom stereocenters. The molecule has 66 valence electrons. The van der Waals surface area contributed by atoms with Crippen LogP contribution in [0.2, 0.25) is 0 Å². The van der Waals surface area contributed by atoms with Crippen molar-refractivity contribution < 1.29 is 8.78 Å². The molecule has 0 fully saturated rings. The van der Waals surface area contributed by atoms with E-state index in [0.29, 0.717) is 9.08 Å². The van der Waals surface area contributed by atoms with Crippen LogP contribution >= 0.6 is 31.9 Å². The van der Waals surface area contributed by atoms with Crippen molar-refractivity contribution in [2.75, 3.05) is 0 Å². The average Bonchev–Trinajstić information content (AvgIpc) is 1.96. The Morgan fingerprint density at radius 1 is 1.42 bits per heavy atom. The standard InChI is InChI=1S/C7H5Br2F2N/c1-3-2-4(8)12-6(5(3)9)7(10)11/h2,7H,1H3. The van der Waals surface area contributed by atoms with Crippen molar-refractivity contribution in [2.24, 2.45) is 0 Å². The monoisotopic (exact) mass is 299 g/mol. The van der Waals surface area contributed by atoms with E-state index in [4.69, 9.17) is 0 Å². The number of alkyl halides is 2. The number of aromatic nitrogens is 1. The number of halogens is 4. The lowest BCUT2D eigenvalue weighted by molar-refractivity contribution is 0.145. The molecule has 5 heteroatoms. The van der Waals surface area contributed by atoms with E-state index < -0.39 is 6.43 Å². The minimum Gasteiger partial charge on any atom is -0.239 e. The second-order valence-corrected chi connectivity index (χ2v) is 3.87. The summed E-state index contributed by atoms with van der Waals surface area (Å²) in [6.07, 6.45) is -2.55. The maximum Gasteiger partial charge on any atom is 0.281 e. The first-order valence-corrected chi connectivity index (χ1v) is 4.71. The first-order chi connectivity index (χ1) is 5.52. The molecule has 0 aliphatic rings. The molecule has 0 saturated heterocycles. The summed E-state index contributed by atoms with van der Waals surface area (Å²) in [6.45, 7) is 1.74. The Morgan fingerprint density at radius 3 is 2.50 bits per heavy atom. The van der Waals surface area contributed by atoms with Crippen LogP contribution in [0, 0.1) is 6.92 Å². The van der Waals surface area contributed by atoms with E-state index in [2.05, 4.69) is 36.8 Å². The Bertz CT molecular complexity index is 302. The van der Waals surface area contributed by atoms with E-state index in [0.717, 1.165) is 5.56 Å². The van der Waals surface area contributed by atoms with Crippen LogP contribution in [0.15, 0.2) is 15.1 Å². The Morgan fingerprint density at radius 2 is 2.00 bits per heavy atom. The largest absolute Gasteiger partial charge is 0.281 e. The SMILES string of the molecule is Cc1cc(Br)nc(C(F)F)c1Br. The summed E-state index contributed by atoms with van der Waals surface area (Å²) in [5.74, 6) is 0. The van der Waals surface area contributed by atoms with Gasteiger partial charge in [0.15, 0.2) is 0 Å². The molecule has 12 heavy (non-hydrogen) atoms. The van der Waals surface area contributed by atoms with Gasteiger partial charge in [-0.05, 0) is 50.4 Å². The topological polar surface area (TPSA) is 12.9 Å².